The minimum absolute atomic E-state index is 0.104. The predicted octanol–water partition coefficient (Wildman–Crippen LogP) is 2.69. The Hall–Kier alpha value is -2.12. The molecule has 0 bridgehead atoms. The highest BCUT2D eigenvalue weighted by molar-refractivity contribution is 7.17. The molecule has 1 aromatic carbocycles. The summed E-state index contributed by atoms with van der Waals surface area (Å²) in [5.41, 5.74) is 0.609. The van der Waals surface area contributed by atoms with E-state index >= 15 is 0 Å². The van der Waals surface area contributed by atoms with E-state index in [9.17, 15) is 14.0 Å². The molecule has 0 unspecified atom stereocenters. The van der Waals surface area contributed by atoms with Crippen LogP contribution in [0.2, 0.25) is 4.34 Å². The second kappa shape index (κ2) is 7.19. The Balaban J connectivity index is 1.59. The molecule has 0 spiro atoms. The highest BCUT2D eigenvalue weighted by atomic mass is 35.5. The molecule has 1 aromatic heterocycles. The number of ether oxygens (including phenoxy) is 1. The van der Waals surface area contributed by atoms with E-state index in [0.717, 1.165) is 0 Å². The molecule has 5 nitrogen and oxygen atoms in total. The van der Waals surface area contributed by atoms with Gasteiger partial charge in [0.1, 0.15) is 11.6 Å². The molecule has 0 saturated carbocycles. The van der Waals surface area contributed by atoms with Crippen LogP contribution in [-0.2, 0) is 11.3 Å². The summed E-state index contributed by atoms with van der Waals surface area (Å²) in [6, 6.07) is 7.47. The Morgan fingerprint density at radius 3 is 2.96 bits per heavy atom. The fourth-order valence-electron chi connectivity index (χ4n) is 2.37. The predicted molar refractivity (Wildman–Crippen MR) is 89.0 cm³/mol. The molecule has 1 aliphatic heterocycles. The molecule has 0 radical (unpaired) electrons. The molecule has 0 fully saturated rings. The Kier molecular flexibility index (Phi) is 5.01. The lowest BCUT2D eigenvalue weighted by atomic mass is 10.2. The Morgan fingerprint density at radius 1 is 1.38 bits per heavy atom. The molecule has 1 aliphatic rings. The number of thiophene rings is 1. The van der Waals surface area contributed by atoms with Crippen molar-refractivity contribution in [2.45, 2.75) is 6.54 Å². The first-order valence-corrected chi connectivity index (χ1v) is 8.45. The second-order valence-corrected chi connectivity index (χ2v) is 6.93. The van der Waals surface area contributed by atoms with Gasteiger partial charge in [-0.25, -0.2) is 4.39 Å². The summed E-state index contributed by atoms with van der Waals surface area (Å²) in [4.78, 5) is 26.1. The van der Waals surface area contributed by atoms with Crippen molar-refractivity contribution in [1.29, 1.82) is 0 Å². The molecule has 126 valence electrons. The fraction of sp³-hybridized carbons (Fsp3) is 0.250. The fourth-order valence-corrected chi connectivity index (χ4v) is 3.33. The molecule has 8 heteroatoms. The number of nitrogens with zero attached hydrogens (tertiary/aromatic N) is 1. The lowest BCUT2D eigenvalue weighted by Crippen LogP contribution is -2.39. The van der Waals surface area contributed by atoms with Crippen LogP contribution in [0.4, 0.5) is 4.39 Å². The van der Waals surface area contributed by atoms with E-state index < -0.39 is 0 Å². The van der Waals surface area contributed by atoms with Crippen molar-refractivity contribution in [1.82, 2.24) is 10.2 Å². The standard InChI is InChI=1S/C16H14ClFN2O3S/c17-14-4-3-13(24-14)16(22)19-5-6-20-8-10-7-11(18)1-2-12(10)23-9-15(20)21/h1-4,7H,5-6,8-9H2,(H,19,22). The first kappa shape index (κ1) is 16.7. The van der Waals surface area contributed by atoms with Crippen LogP contribution in [0.25, 0.3) is 0 Å². The summed E-state index contributed by atoms with van der Waals surface area (Å²) in [5, 5.41) is 2.74. The van der Waals surface area contributed by atoms with Crippen LogP contribution in [0.1, 0.15) is 15.2 Å². The van der Waals surface area contributed by atoms with Crippen LogP contribution < -0.4 is 10.1 Å². The van der Waals surface area contributed by atoms with E-state index in [1.54, 1.807) is 12.1 Å². The van der Waals surface area contributed by atoms with Crippen LogP contribution in [-0.4, -0.2) is 36.4 Å². The van der Waals surface area contributed by atoms with Crippen molar-refractivity contribution in [3.63, 3.8) is 0 Å². The lowest BCUT2D eigenvalue weighted by molar-refractivity contribution is -0.133. The van der Waals surface area contributed by atoms with Crippen molar-refractivity contribution in [3.05, 3.63) is 50.9 Å². The quantitative estimate of drug-likeness (QED) is 0.902. The number of amides is 2. The van der Waals surface area contributed by atoms with E-state index in [-0.39, 0.29) is 37.3 Å². The number of benzene rings is 1. The summed E-state index contributed by atoms with van der Waals surface area (Å²) in [5.74, 6) is -0.323. The molecule has 0 saturated heterocycles. The summed E-state index contributed by atoms with van der Waals surface area (Å²) in [6.07, 6.45) is 0. The second-order valence-electron chi connectivity index (χ2n) is 5.22. The maximum atomic E-state index is 13.4. The van der Waals surface area contributed by atoms with E-state index in [1.165, 1.54) is 34.4 Å². The zero-order valence-corrected chi connectivity index (χ0v) is 14.1. The van der Waals surface area contributed by atoms with E-state index in [2.05, 4.69) is 5.32 Å². The van der Waals surface area contributed by atoms with Crippen LogP contribution in [0.5, 0.6) is 5.75 Å². The van der Waals surface area contributed by atoms with Crippen LogP contribution in [0, 0.1) is 5.82 Å². The van der Waals surface area contributed by atoms with E-state index in [4.69, 9.17) is 16.3 Å². The van der Waals surface area contributed by atoms with Gasteiger partial charge in [-0.05, 0) is 30.3 Å². The number of fused-ring (bicyclic) bond motifs is 1. The molecule has 2 aromatic rings. The molecule has 2 amide bonds. The molecule has 2 heterocycles. The highest BCUT2D eigenvalue weighted by Crippen LogP contribution is 2.24. The normalized spacial score (nSPS) is 13.9. The van der Waals surface area contributed by atoms with E-state index in [0.29, 0.717) is 27.1 Å². The third-order valence-electron chi connectivity index (χ3n) is 3.55. The number of carbonyl (C=O) groups excluding carboxylic acids is 2. The van der Waals surface area contributed by atoms with Crippen LogP contribution in [0.15, 0.2) is 30.3 Å². The van der Waals surface area contributed by atoms with Crippen molar-refractivity contribution in [2.24, 2.45) is 0 Å². The minimum Gasteiger partial charge on any atom is -0.483 e. The lowest BCUT2D eigenvalue weighted by Gasteiger charge is -2.20. The molecular weight excluding hydrogens is 355 g/mol. The first-order valence-electron chi connectivity index (χ1n) is 7.25. The van der Waals surface area contributed by atoms with Gasteiger partial charge in [0, 0.05) is 25.2 Å². The Labute approximate surface area is 147 Å². The average molecular weight is 369 g/mol. The highest BCUT2D eigenvalue weighted by Gasteiger charge is 2.22. The van der Waals surface area contributed by atoms with Gasteiger partial charge in [0.05, 0.1) is 9.21 Å². The monoisotopic (exact) mass is 368 g/mol. The van der Waals surface area contributed by atoms with E-state index in [1.807, 2.05) is 0 Å². The molecule has 1 N–H and O–H groups in total. The third-order valence-corrected chi connectivity index (χ3v) is 4.78. The number of halogens is 2. The number of carbonyl (C=O) groups is 2. The number of hydrogen-bond donors (Lipinski definition) is 1. The summed E-state index contributed by atoms with van der Waals surface area (Å²) in [6.45, 7) is 0.730. The first-order chi connectivity index (χ1) is 11.5. The maximum absolute atomic E-state index is 13.4. The SMILES string of the molecule is O=C(NCCN1Cc2cc(F)ccc2OCC1=O)c1ccc(Cl)s1. The van der Waals surface area contributed by atoms with Gasteiger partial charge in [0.2, 0.25) is 0 Å². The van der Waals surface area contributed by atoms with Crippen LogP contribution >= 0.6 is 22.9 Å². The summed E-state index contributed by atoms with van der Waals surface area (Å²) < 4.78 is 19.3. The maximum Gasteiger partial charge on any atom is 0.261 e. The smallest absolute Gasteiger partial charge is 0.261 e. The van der Waals surface area contributed by atoms with Crippen molar-refractivity contribution >= 4 is 34.8 Å². The summed E-state index contributed by atoms with van der Waals surface area (Å²) in [7, 11) is 0. The Bertz CT molecular complexity index is 780. The number of hydrogen-bond acceptors (Lipinski definition) is 4. The molecule has 3 rings (SSSR count). The van der Waals surface area contributed by atoms with Crippen molar-refractivity contribution < 1.29 is 18.7 Å². The molecule has 24 heavy (non-hydrogen) atoms. The third kappa shape index (κ3) is 3.85. The zero-order valence-electron chi connectivity index (χ0n) is 12.6. The van der Waals surface area contributed by atoms with Gasteiger partial charge < -0.3 is 15.0 Å². The Morgan fingerprint density at radius 2 is 2.21 bits per heavy atom. The van der Waals surface area contributed by atoms with Gasteiger partial charge >= 0.3 is 0 Å². The number of rotatable bonds is 4. The van der Waals surface area contributed by atoms with Gasteiger partial charge in [-0.3, -0.25) is 9.59 Å². The van der Waals surface area contributed by atoms with Gasteiger partial charge in [0.15, 0.2) is 6.61 Å². The van der Waals surface area contributed by atoms with Crippen molar-refractivity contribution in [3.8, 4) is 5.75 Å². The van der Waals surface area contributed by atoms with Crippen molar-refractivity contribution in [2.75, 3.05) is 19.7 Å². The van der Waals surface area contributed by atoms with Gasteiger partial charge in [-0.2, -0.15) is 0 Å². The van der Waals surface area contributed by atoms with Gasteiger partial charge in [-0.1, -0.05) is 11.6 Å². The largest absolute Gasteiger partial charge is 0.483 e. The minimum atomic E-state index is -0.380. The number of nitrogens with one attached hydrogen (secondary N) is 1. The van der Waals surface area contributed by atoms with Gasteiger partial charge in [0.25, 0.3) is 11.8 Å². The molecule has 0 aliphatic carbocycles. The average Bonchev–Trinajstić information content (AvgIpc) is 2.92. The van der Waals surface area contributed by atoms with Crippen LogP contribution in [0.3, 0.4) is 0 Å². The zero-order chi connectivity index (χ0) is 17.1. The summed E-state index contributed by atoms with van der Waals surface area (Å²) >= 11 is 6.99. The molecular formula is C16H14ClFN2O3S. The molecule has 0 atom stereocenters. The topological polar surface area (TPSA) is 58.6 Å². The van der Waals surface area contributed by atoms with Gasteiger partial charge in [-0.15, -0.1) is 11.3 Å².